The SMILES string of the molecule is CCOc1cc2c(cc1OC)=C(c1cnc(SC)nc1)N[C@@H]1CC[C@@H](O)CC=21. The van der Waals surface area contributed by atoms with Crippen molar-refractivity contribution in [1.29, 1.82) is 0 Å². The lowest BCUT2D eigenvalue weighted by atomic mass is 9.83. The molecule has 1 aliphatic heterocycles. The van der Waals surface area contributed by atoms with Gasteiger partial charge in [-0.1, -0.05) is 11.8 Å². The molecule has 0 saturated heterocycles. The predicted octanol–water partition coefficient (Wildman–Crippen LogP) is 1.43. The molecule has 0 radical (unpaired) electrons. The average molecular weight is 400 g/mol. The van der Waals surface area contributed by atoms with Gasteiger partial charge in [0.2, 0.25) is 0 Å². The number of fused-ring (bicyclic) bond motifs is 2. The molecule has 1 aliphatic carbocycles. The second-order valence-corrected chi connectivity index (χ2v) is 7.75. The van der Waals surface area contributed by atoms with Crippen molar-refractivity contribution in [2.24, 2.45) is 0 Å². The van der Waals surface area contributed by atoms with Crippen molar-refractivity contribution in [1.82, 2.24) is 15.3 Å². The molecule has 1 aromatic heterocycles. The number of aliphatic hydroxyl groups is 1. The van der Waals surface area contributed by atoms with E-state index in [0.717, 1.165) is 45.4 Å². The van der Waals surface area contributed by atoms with Crippen LogP contribution in [0.15, 0.2) is 29.7 Å². The van der Waals surface area contributed by atoms with Gasteiger partial charge in [-0.05, 0) is 55.4 Å². The molecule has 2 N–H and O–H groups in total. The minimum Gasteiger partial charge on any atom is -0.493 e. The van der Waals surface area contributed by atoms with Gasteiger partial charge in [-0.25, -0.2) is 9.97 Å². The monoisotopic (exact) mass is 399 g/mol. The molecule has 2 aromatic rings. The lowest BCUT2D eigenvalue weighted by Gasteiger charge is -2.34. The summed E-state index contributed by atoms with van der Waals surface area (Å²) >= 11 is 1.52. The number of aromatic nitrogens is 2. The maximum absolute atomic E-state index is 10.3. The van der Waals surface area contributed by atoms with E-state index in [4.69, 9.17) is 9.47 Å². The quantitative estimate of drug-likeness (QED) is 0.582. The first kappa shape index (κ1) is 19.1. The van der Waals surface area contributed by atoms with Crippen LogP contribution in [0.2, 0.25) is 0 Å². The standard InChI is InChI=1S/C21H25N3O3S/c1-4-27-19-8-14-15-7-13(25)5-6-17(15)24-20(16(14)9-18(19)26-2)12-10-22-21(28-3)23-11-12/h8-11,13,17,24-25H,4-7H2,1-3H3/t13-,17-/m1/s1. The lowest BCUT2D eigenvalue weighted by Crippen LogP contribution is -2.49. The van der Waals surface area contributed by atoms with Crippen LogP contribution in [0.4, 0.5) is 0 Å². The van der Waals surface area contributed by atoms with Crippen molar-refractivity contribution in [3.63, 3.8) is 0 Å². The summed E-state index contributed by atoms with van der Waals surface area (Å²) in [6.07, 6.45) is 7.72. The number of benzene rings is 1. The van der Waals surface area contributed by atoms with Crippen LogP contribution < -0.4 is 25.2 Å². The second kappa shape index (κ2) is 8.01. The number of ether oxygens (including phenoxy) is 2. The molecule has 0 bridgehead atoms. The summed E-state index contributed by atoms with van der Waals surface area (Å²) in [6.45, 7) is 2.53. The molecule has 1 fully saturated rings. The van der Waals surface area contributed by atoms with Crippen molar-refractivity contribution < 1.29 is 14.6 Å². The fourth-order valence-electron chi connectivity index (χ4n) is 3.99. The molecule has 0 amide bonds. The molecule has 4 rings (SSSR count). The van der Waals surface area contributed by atoms with Crippen molar-refractivity contribution in [3.8, 4) is 11.5 Å². The maximum Gasteiger partial charge on any atom is 0.187 e. The highest BCUT2D eigenvalue weighted by molar-refractivity contribution is 7.98. The van der Waals surface area contributed by atoms with Crippen LogP contribution in [0.3, 0.4) is 0 Å². The Morgan fingerprint density at radius 2 is 1.93 bits per heavy atom. The van der Waals surface area contributed by atoms with Crippen LogP contribution in [-0.2, 0) is 0 Å². The third-order valence-electron chi connectivity index (χ3n) is 5.30. The molecule has 7 heteroatoms. The molecule has 2 heterocycles. The number of nitrogens with one attached hydrogen (secondary N) is 1. The normalized spacial score (nSPS) is 20.9. The molecule has 1 saturated carbocycles. The first-order valence-electron chi connectivity index (χ1n) is 9.53. The van der Waals surface area contributed by atoms with Crippen molar-refractivity contribution in [3.05, 3.63) is 40.5 Å². The van der Waals surface area contributed by atoms with Gasteiger partial charge in [0.1, 0.15) is 0 Å². The number of hydrogen-bond donors (Lipinski definition) is 2. The van der Waals surface area contributed by atoms with E-state index in [9.17, 15) is 5.11 Å². The highest BCUT2D eigenvalue weighted by Gasteiger charge is 2.29. The summed E-state index contributed by atoms with van der Waals surface area (Å²) in [5.41, 5.74) is 3.16. The van der Waals surface area contributed by atoms with E-state index in [1.807, 2.05) is 31.6 Å². The van der Waals surface area contributed by atoms with Gasteiger partial charge in [0.15, 0.2) is 16.7 Å². The number of methoxy groups -OCH3 is 1. The summed E-state index contributed by atoms with van der Waals surface area (Å²) in [5.74, 6) is 1.42. The Hall–Kier alpha value is -2.25. The number of aliphatic hydroxyl groups excluding tert-OH is 1. The first-order valence-corrected chi connectivity index (χ1v) is 10.8. The lowest BCUT2D eigenvalue weighted by molar-refractivity contribution is 0.152. The smallest absolute Gasteiger partial charge is 0.187 e. The van der Waals surface area contributed by atoms with E-state index in [-0.39, 0.29) is 12.1 Å². The van der Waals surface area contributed by atoms with Crippen LogP contribution in [0.5, 0.6) is 11.5 Å². The van der Waals surface area contributed by atoms with Crippen LogP contribution >= 0.6 is 11.8 Å². The first-order chi connectivity index (χ1) is 13.6. The Bertz CT molecular complexity index is 991. The van der Waals surface area contributed by atoms with Crippen LogP contribution in [0, 0.1) is 0 Å². The summed E-state index contributed by atoms with van der Waals surface area (Å²) in [4.78, 5) is 8.88. The van der Waals surface area contributed by atoms with Crippen molar-refractivity contribution >= 4 is 23.0 Å². The summed E-state index contributed by atoms with van der Waals surface area (Å²) in [6, 6.07) is 4.25. The Morgan fingerprint density at radius 1 is 1.18 bits per heavy atom. The average Bonchev–Trinajstić information content (AvgIpc) is 2.73. The molecular weight excluding hydrogens is 374 g/mol. The van der Waals surface area contributed by atoms with E-state index in [2.05, 4.69) is 21.4 Å². The Balaban J connectivity index is 1.99. The van der Waals surface area contributed by atoms with Crippen LogP contribution in [0.25, 0.3) is 11.3 Å². The highest BCUT2D eigenvalue weighted by Crippen LogP contribution is 2.30. The van der Waals surface area contributed by atoms with E-state index in [1.165, 1.54) is 17.3 Å². The Labute approximate surface area is 168 Å². The van der Waals surface area contributed by atoms with Gasteiger partial charge >= 0.3 is 0 Å². The number of hydrogen-bond acceptors (Lipinski definition) is 7. The van der Waals surface area contributed by atoms with Gasteiger partial charge in [0.25, 0.3) is 0 Å². The minimum absolute atomic E-state index is 0.189. The van der Waals surface area contributed by atoms with Crippen molar-refractivity contribution in [2.75, 3.05) is 20.0 Å². The Morgan fingerprint density at radius 3 is 2.61 bits per heavy atom. The van der Waals surface area contributed by atoms with E-state index in [1.54, 1.807) is 7.11 Å². The van der Waals surface area contributed by atoms with E-state index >= 15 is 0 Å². The minimum atomic E-state index is -0.302. The molecule has 0 unspecified atom stereocenters. The van der Waals surface area contributed by atoms with Gasteiger partial charge in [0, 0.05) is 29.2 Å². The van der Waals surface area contributed by atoms with Crippen molar-refractivity contribution in [2.45, 2.75) is 43.5 Å². The van der Waals surface area contributed by atoms with Gasteiger partial charge < -0.3 is 19.9 Å². The maximum atomic E-state index is 10.3. The molecule has 6 nitrogen and oxygen atoms in total. The zero-order valence-corrected chi connectivity index (χ0v) is 17.2. The summed E-state index contributed by atoms with van der Waals surface area (Å²) < 4.78 is 11.4. The van der Waals surface area contributed by atoms with E-state index < -0.39 is 0 Å². The molecule has 148 valence electrons. The zero-order valence-electron chi connectivity index (χ0n) is 16.4. The highest BCUT2D eigenvalue weighted by atomic mass is 32.2. The second-order valence-electron chi connectivity index (χ2n) is 6.97. The molecular formula is C21H25N3O3S. The third kappa shape index (κ3) is 3.44. The Kier molecular flexibility index (Phi) is 5.46. The van der Waals surface area contributed by atoms with E-state index in [0.29, 0.717) is 18.8 Å². The molecule has 28 heavy (non-hydrogen) atoms. The zero-order chi connectivity index (χ0) is 19.7. The summed E-state index contributed by atoms with van der Waals surface area (Å²) in [7, 11) is 1.65. The largest absolute Gasteiger partial charge is 0.493 e. The number of nitrogens with zero attached hydrogens (tertiary/aromatic N) is 2. The fraction of sp³-hybridized carbons (Fsp3) is 0.429. The van der Waals surface area contributed by atoms with Crippen LogP contribution in [0.1, 0.15) is 31.7 Å². The van der Waals surface area contributed by atoms with Gasteiger partial charge in [-0.15, -0.1) is 0 Å². The van der Waals surface area contributed by atoms with Gasteiger partial charge in [-0.3, -0.25) is 0 Å². The molecule has 2 atom stereocenters. The topological polar surface area (TPSA) is 76.5 Å². The van der Waals surface area contributed by atoms with Gasteiger partial charge in [0.05, 0.1) is 25.5 Å². The summed E-state index contributed by atoms with van der Waals surface area (Å²) in [5, 5.41) is 16.8. The van der Waals surface area contributed by atoms with Gasteiger partial charge in [-0.2, -0.15) is 0 Å². The molecule has 1 aromatic carbocycles. The third-order valence-corrected chi connectivity index (χ3v) is 5.88. The predicted molar refractivity (Wildman–Crippen MR) is 110 cm³/mol. The fourth-order valence-corrected chi connectivity index (χ4v) is 4.31. The number of thioether (sulfide) groups is 1. The molecule has 2 aliphatic rings. The number of rotatable bonds is 5. The molecule has 0 spiro atoms. The van der Waals surface area contributed by atoms with Crippen LogP contribution in [-0.4, -0.2) is 47.2 Å².